The number of nitrogen functional groups attached to an aromatic ring is 1. The first-order chi connectivity index (χ1) is 9.27. The predicted molar refractivity (Wildman–Crippen MR) is 62.3 cm³/mol. The van der Waals surface area contributed by atoms with Crippen molar-refractivity contribution in [2.24, 2.45) is 0 Å². The van der Waals surface area contributed by atoms with Crippen LogP contribution in [0.3, 0.4) is 0 Å². The van der Waals surface area contributed by atoms with Crippen molar-refractivity contribution >= 4 is 5.69 Å². The minimum absolute atomic E-state index is 0.295. The van der Waals surface area contributed by atoms with E-state index in [0.29, 0.717) is 6.07 Å². The summed E-state index contributed by atoms with van der Waals surface area (Å²) in [5, 5.41) is 0. The maximum atomic E-state index is 13.3. The molecule has 2 N–H and O–H groups in total. The Morgan fingerprint density at radius 1 is 0.950 bits per heavy atom. The molecule has 0 aliphatic carbocycles. The molecule has 0 bridgehead atoms. The Morgan fingerprint density at radius 3 is 2.30 bits per heavy atom. The number of halogens is 5. The largest absolute Gasteiger partial charge is 0.454 e. The standard InChI is InChI=1S/C13H8F5NO/c14-7-1-3-10(15)12(5-7)20-8-2-4-11(19)9(6-8)13(16,17)18/h1-6H,19H2. The van der Waals surface area contributed by atoms with Gasteiger partial charge in [-0.2, -0.15) is 13.2 Å². The number of benzene rings is 2. The van der Waals surface area contributed by atoms with Crippen LogP contribution in [0.15, 0.2) is 36.4 Å². The van der Waals surface area contributed by atoms with Gasteiger partial charge in [-0.15, -0.1) is 0 Å². The predicted octanol–water partition coefficient (Wildman–Crippen LogP) is 4.36. The Kier molecular flexibility index (Phi) is 3.52. The number of hydrogen-bond donors (Lipinski definition) is 1. The van der Waals surface area contributed by atoms with E-state index < -0.39 is 34.8 Å². The maximum absolute atomic E-state index is 13.3. The molecule has 0 saturated carbocycles. The van der Waals surface area contributed by atoms with Gasteiger partial charge in [-0.1, -0.05) is 0 Å². The molecule has 0 amide bonds. The molecule has 2 aromatic rings. The molecular weight excluding hydrogens is 281 g/mol. The normalized spacial score (nSPS) is 11.4. The van der Waals surface area contributed by atoms with E-state index in [0.717, 1.165) is 30.3 Å². The van der Waals surface area contributed by atoms with Gasteiger partial charge in [0.2, 0.25) is 0 Å². The van der Waals surface area contributed by atoms with Gasteiger partial charge in [-0.25, -0.2) is 8.78 Å². The van der Waals surface area contributed by atoms with Crippen molar-refractivity contribution in [3.8, 4) is 11.5 Å². The SMILES string of the molecule is Nc1ccc(Oc2cc(F)ccc2F)cc1C(F)(F)F. The van der Waals surface area contributed by atoms with Gasteiger partial charge in [0, 0.05) is 11.8 Å². The van der Waals surface area contributed by atoms with Gasteiger partial charge >= 0.3 is 6.18 Å². The monoisotopic (exact) mass is 289 g/mol. The number of alkyl halides is 3. The fourth-order valence-electron chi connectivity index (χ4n) is 1.53. The smallest absolute Gasteiger partial charge is 0.418 e. The first kappa shape index (κ1) is 14.1. The molecule has 7 heteroatoms. The van der Waals surface area contributed by atoms with Crippen molar-refractivity contribution in [3.05, 3.63) is 53.6 Å². The number of hydrogen-bond acceptors (Lipinski definition) is 2. The highest BCUT2D eigenvalue weighted by atomic mass is 19.4. The summed E-state index contributed by atoms with van der Waals surface area (Å²) in [6.45, 7) is 0. The van der Waals surface area contributed by atoms with E-state index in [2.05, 4.69) is 0 Å². The van der Waals surface area contributed by atoms with Crippen LogP contribution in [0.4, 0.5) is 27.6 Å². The van der Waals surface area contributed by atoms with Crippen molar-refractivity contribution in [2.45, 2.75) is 6.18 Å². The molecule has 0 unspecified atom stereocenters. The van der Waals surface area contributed by atoms with Gasteiger partial charge in [0.1, 0.15) is 11.6 Å². The molecule has 0 saturated heterocycles. The number of rotatable bonds is 2. The molecule has 2 rings (SSSR count). The van der Waals surface area contributed by atoms with E-state index in [4.69, 9.17) is 10.5 Å². The van der Waals surface area contributed by atoms with Crippen LogP contribution < -0.4 is 10.5 Å². The van der Waals surface area contributed by atoms with E-state index in [1.54, 1.807) is 0 Å². The van der Waals surface area contributed by atoms with E-state index in [9.17, 15) is 22.0 Å². The topological polar surface area (TPSA) is 35.2 Å². The fourth-order valence-corrected chi connectivity index (χ4v) is 1.53. The Labute approximate surface area is 110 Å². The quantitative estimate of drug-likeness (QED) is 0.658. The van der Waals surface area contributed by atoms with Crippen molar-refractivity contribution in [3.63, 3.8) is 0 Å². The van der Waals surface area contributed by atoms with Crippen LogP contribution in [0.5, 0.6) is 11.5 Å². The minimum atomic E-state index is -4.66. The lowest BCUT2D eigenvalue weighted by atomic mass is 10.1. The third-order valence-electron chi connectivity index (χ3n) is 2.45. The van der Waals surface area contributed by atoms with Crippen LogP contribution >= 0.6 is 0 Å². The van der Waals surface area contributed by atoms with Gasteiger partial charge in [0.15, 0.2) is 11.6 Å². The highest BCUT2D eigenvalue weighted by Gasteiger charge is 2.33. The molecule has 0 heterocycles. The third kappa shape index (κ3) is 2.98. The van der Waals surface area contributed by atoms with E-state index in [1.165, 1.54) is 0 Å². The molecule has 0 radical (unpaired) electrons. The lowest BCUT2D eigenvalue weighted by Crippen LogP contribution is -2.08. The van der Waals surface area contributed by atoms with Crippen molar-refractivity contribution in [1.29, 1.82) is 0 Å². The van der Waals surface area contributed by atoms with Crippen LogP contribution in [-0.2, 0) is 6.18 Å². The van der Waals surface area contributed by atoms with Crippen LogP contribution in [0.2, 0.25) is 0 Å². The van der Waals surface area contributed by atoms with Gasteiger partial charge in [-0.3, -0.25) is 0 Å². The second-order valence-electron chi connectivity index (χ2n) is 3.92. The summed E-state index contributed by atoms with van der Waals surface area (Å²) in [7, 11) is 0. The highest BCUT2D eigenvalue weighted by molar-refractivity contribution is 5.52. The zero-order valence-electron chi connectivity index (χ0n) is 9.84. The van der Waals surface area contributed by atoms with Crippen molar-refractivity contribution in [1.82, 2.24) is 0 Å². The maximum Gasteiger partial charge on any atom is 0.418 e. The molecule has 106 valence electrons. The van der Waals surface area contributed by atoms with Gasteiger partial charge in [-0.05, 0) is 30.3 Å². The third-order valence-corrected chi connectivity index (χ3v) is 2.45. The Morgan fingerprint density at radius 2 is 1.65 bits per heavy atom. The van der Waals surface area contributed by atoms with Crippen LogP contribution in [0, 0.1) is 11.6 Å². The molecule has 0 spiro atoms. The van der Waals surface area contributed by atoms with Gasteiger partial charge in [0.05, 0.1) is 5.56 Å². The van der Waals surface area contributed by atoms with Gasteiger partial charge < -0.3 is 10.5 Å². The average Bonchev–Trinajstić information content (AvgIpc) is 2.35. The molecule has 0 aliphatic rings. The van der Waals surface area contributed by atoms with E-state index in [1.807, 2.05) is 0 Å². The first-order valence-corrected chi connectivity index (χ1v) is 5.37. The second-order valence-corrected chi connectivity index (χ2v) is 3.92. The number of nitrogens with two attached hydrogens (primary N) is 1. The lowest BCUT2D eigenvalue weighted by Gasteiger charge is -2.12. The van der Waals surface area contributed by atoms with Crippen molar-refractivity contribution in [2.75, 3.05) is 5.73 Å². The molecular formula is C13H8F5NO. The average molecular weight is 289 g/mol. The Bertz CT molecular complexity index is 639. The van der Waals surface area contributed by atoms with Crippen LogP contribution in [-0.4, -0.2) is 0 Å². The zero-order valence-corrected chi connectivity index (χ0v) is 9.84. The number of anilines is 1. The zero-order chi connectivity index (χ0) is 14.9. The summed E-state index contributed by atoms with van der Waals surface area (Å²) in [6.07, 6.45) is -4.66. The number of ether oxygens (including phenoxy) is 1. The fraction of sp³-hybridized carbons (Fsp3) is 0.0769. The summed E-state index contributed by atoms with van der Waals surface area (Å²) < 4.78 is 69.1. The van der Waals surface area contributed by atoms with E-state index in [-0.39, 0.29) is 5.75 Å². The first-order valence-electron chi connectivity index (χ1n) is 5.37. The molecule has 0 atom stereocenters. The van der Waals surface area contributed by atoms with Crippen LogP contribution in [0.25, 0.3) is 0 Å². The molecule has 2 aromatic carbocycles. The van der Waals surface area contributed by atoms with Crippen LogP contribution in [0.1, 0.15) is 5.56 Å². The summed E-state index contributed by atoms with van der Waals surface area (Å²) >= 11 is 0. The van der Waals surface area contributed by atoms with Crippen molar-refractivity contribution < 1.29 is 26.7 Å². The Balaban J connectivity index is 2.37. The van der Waals surface area contributed by atoms with Gasteiger partial charge in [0.25, 0.3) is 0 Å². The molecule has 0 fully saturated rings. The second kappa shape index (κ2) is 4.99. The lowest BCUT2D eigenvalue weighted by molar-refractivity contribution is -0.137. The molecule has 2 nitrogen and oxygen atoms in total. The van der Waals surface area contributed by atoms with E-state index >= 15 is 0 Å². The highest BCUT2D eigenvalue weighted by Crippen LogP contribution is 2.37. The minimum Gasteiger partial charge on any atom is -0.454 e. The molecule has 20 heavy (non-hydrogen) atoms. The molecule has 0 aromatic heterocycles. The Hall–Kier alpha value is -2.31. The summed E-state index contributed by atoms with van der Waals surface area (Å²) in [5.41, 5.74) is 3.63. The summed E-state index contributed by atoms with van der Waals surface area (Å²) in [6, 6.07) is 5.15. The summed E-state index contributed by atoms with van der Waals surface area (Å²) in [5.74, 6) is -2.47. The molecule has 0 aliphatic heterocycles. The summed E-state index contributed by atoms with van der Waals surface area (Å²) in [4.78, 5) is 0.